The fraction of sp³-hybridized carbons (Fsp3) is 0.417. The van der Waals surface area contributed by atoms with Crippen molar-refractivity contribution in [1.29, 1.82) is 0 Å². The largest absolute Gasteiger partial charge is 0.385 e. The van der Waals surface area contributed by atoms with Crippen LogP contribution in [0.1, 0.15) is 12.0 Å². The molecule has 1 unspecified atom stereocenters. The zero-order chi connectivity index (χ0) is 14.4. The molecule has 1 aromatic rings. The molecule has 1 amide bonds. The molecule has 0 saturated carbocycles. The highest BCUT2D eigenvalue weighted by Gasteiger charge is 2.19. The van der Waals surface area contributed by atoms with Crippen LogP contribution in [0.2, 0.25) is 0 Å². The van der Waals surface area contributed by atoms with Gasteiger partial charge in [0.25, 0.3) is 5.69 Å². The van der Waals surface area contributed by atoms with E-state index in [0.29, 0.717) is 13.0 Å². The third-order valence-electron chi connectivity index (χ3n) is 2.58. The van der Waals surface area contributed by atoms with Crippen LogP contribution in [0.25, 0.3) is 0 Å². The van der Waals surface area contributed by atoms with Crippen LogP contribution >= 0.6 is 0 Å². The second-order valence-corrected chi connectivity index (χ2v) is 4.15. The molecule has 0 bridgehead atoms. The van der Waals surface area contributed by atoms with E-state index < -0.39 is 16.9 Å². The normalized spacial score (nSPS) is 11.9. The Morgan fingerprint density at radius 3 is 2.84 bits per heavy atom. The van der Waals surface area contributed by atoms with Gasteiger partial charge in [0.05, 0.1) is 11.0 Å². The molecule has 0 heterocycles. The third-order valence-corrected chi connectivity index (χ3v) is 2.58. The first-order valence-corrected chi connectivity index (χ1v) is 5.76. The minimum absolute atomic E-state index is 0.155. The van der Waals surface area contributed by atoms with Gasteiger partial charge >= 0.3 is 0 Å². The first kappa shape index (κ1) is 15.1. The number of methoxy groups -OCH3 is 1. The molecule has 0 saturated heterocycles. The van der Waals surface area contributed by atoms with E-state index in [0.717, 1.165) is 5.56 Å². The summed E-state index contributed by atoms with van der Waals surface area (Å²) in [4.78, 5) is 22.1. The molecule has 104 valence electrons. The van der Waals surface area contributed by atoms with Crippen LogP contribution in [0.5, 0.6) is 0 Å². The lowest BCUT2D eigenvalue weighted by Crippen LogP contribution is -2.36. The molecule has 7 heteroatoms. The van der Waals surface area contributed by atoms with E-state index in [1.54, 1.807) is 19.1 Å². The summed E-state index contributed by atoms with van der Waals surface area (Å²) in [6.07, 6.45) is 0.349. The first-order valence-electron chi connectivity index (χ1n) is 5.76. The number of ether oxygens (including phenoxy) is 1. The molecule has 0 aliphatic rings. The quantitative estimate of drug-likeness (QED) is 0.595. The van der Waals surface area contributed by atoms with Crippen LogP contribution in [0.3, 0.4) is 0 Å². The maximum Gasteiger partial charge on any atom is 0.292 e. The van der Waals surface area contributed by atoms with Crippen LogP contribution in [0.4, 0.5) is 11.4 Å². The summed E-state index contributed by atoms with van der Waals surface area (Å²) in [5.74, 6) is -0.467. The molecular formula is C12H17N3O4. The molecule has 0 fully saturated rings. The number of hydrogen-bond acceptors (Lipinski definition) is 5. The summed E-state index contributed by atoms with van der Waals surface area (Å²) < 4.78 is 4.83. The number of benzene rings is 1. The van der Waals surface area contributed by atoms with Gasteiger partial charge < -0.3 is 15.8 Å². The average Bonchev–Trinajstić information content (AvgIpc) is 2.35. The van der Waals surface area contributed by atoms with Crippen LogP contribution in [0.15, 0.2) is 18.2 Å². The maximum atomic E-state index is 11.8. The Morgan fingerprint density at radius 1 is 1.58 bits per heavy atom. The summed E-state index contributed by atoms with van der Waals surface area (Å²) in [5.41, 5.74) is 6.47. The Kier molecular flexibility index (Phi) is 5.40. The number of nitrogens with zero attached hydrogens (tertiary/aromatic N) is 1. The number of carbonyl (C=O) groups is 1. The molecule has 0 aliphatic heterocycles. The zero-order valence-electron chi connectivity index (χ0n) is 10.9. The SMILES string of the molecule is COCCC(N)C(=O)Nc1cc(C)ccc1[N+](=O)[O-]. The second kappa shape index (κ2) is 6.81. The maximum absolute atomic E-state index is 11.8. The summed E-state index contributed by atoms with van der Waals surface area (Å²) in [6, 6.07) is 3.74. The van der Waals surface area contributed by atoms with Gasteiger partial charge in [0.2, 0.25) is 5.91 Å². The van der Waals surface area contributed by atoms with Crippen molar-refractivity contribution < 1.29 is 14.5 Å². The van der Waals surface area contributed by atoms with Crippen molar-refractivity contribution in [3.8, 4) is 0 Å². The van der Waals surface area contributed by atoms with Gasteiger partial charge in [0.15, 0.2) is 0 Å². The van der Waals surface area contributed by atoms with E-state index in [1.165, 1.54) is 13.2 Å². The topological polar surface area (TPSA) is 107 Å². The molecular weight excluding hydrogens is 250 g/mol. The lowest BCUT2D eigenvalue weighted by molar-refractivity contribution is -0.383. The Morgan fingerprint density at radius 2 is 2.26 bits per heavy atom. The van der Waals surface area contributed by atoms with Crippen LogP contribution in [0, 0.1) is 17.0 Å². The molecule has 19 heavy (non-hydrogen) atoms. The monoisotopic (exact) mass is 267 g/mol. The van der Waals surface area contributed by atoms with Gasteiger partial charge in [-0.3, -0.25) is 14.9 Å². The molecule has 0 spiro atoms. The fourth-order valence-electron chi connectivity index (χ4n) is 1.51. The predicted molar refractivity (Wildman–Crippen MR) is 70.9 cm³/mol. The lowest BCUT2D eigenvalue weighted by atomic mass is 10.1. The van der Waals surface area contributed by atoms with Crippen molar-refractivity contribution in [3.05, 3.63) is 33.9 Å². The highest BCUT2D eigenvalue weighted by molar-refractivity contribution is 5.96. The number of aryl methyl sites for hydroxylation is 1. The summed E-state index contributed by atoms with van der Waals surface area (Å²) >= 11 is 0. The van der Waals surface area contributed by atoms with Crippen LogP contribution in [-0.2, 0) is 9.53 Å². The average molecular weight is 267 g/mol. The number of nitrogens with one attached hydrogen (secondary N) is 1. The van der Waals surface area contributed by atoms with Gasteiger partial charge in [-0.15, -0.1) is 0 Å². The van der Waals surface area contributed by atoms with E-state index in [2.05, 4.69) is 5.32 Å². The van der Waals surface area contributed by atoms with E-state index in [9.17, 15) is 14.9 Å². The summed E-state index contributed by atoms with van der Waals surface area (Å²) in [5, 5.41) is 13.3. The standard InChI is InChI=1S/C12H17N3O4/c1-8-3-4-11(15(17)18)10(7-8)14-12(16)9(13)5-6-19-2/h3-4,7,9H,5-6,13H2,1-2H3,(H,14,16). The smallest absolute Gasteiger partial charge is 0.292 e. The van der Waals surface area contributed by atoms with Crippen molar-refractivity contribution in [2.75, 3.05) is 19.0 Å². The number of nitro benzene ring substituents is 1. The number of hydrogen-bond donors (Lipinski definition) is 2. The molecule has 7 nitrogen and oxygen atoms in total. The van der Waals surface area contributed by atoms with E-state index in [-0.39, 0.29) is 11.4 Å². The first-order chi connectivity index (χ1) is 8.95. The van der Waals surface area contributed by atoms with Gasteiger partial charge in [0, 0.05) is 19.8 Å². The molecule has 0 aliphatic carbocycles. The number of nitrogens with two attached hydrogens (primary N) is 1. The number of rotatable bonds is 6. The number of anilines is 1. The molecule has 3 N–H and O–H groups in total. The van der Waals surface area contributed by atoms with Crippen molar-refractivity contribution in [3.63, 3.8) is 0 Å². The minimum atomic E-state index is -0.764. The lowest BCUT2D eigenvalue weighted by Gasteiger charge is -2.12. The zero-order valence-corrected chi connectivity index (χ0v) is 10.9. The minimum Gasteiger partial charge on any atom is -0.385 e. The molecule has 1 aromatic carbocycles. The Balaban J connectivity index is 2.83. The highest BCUT2D eigenvalue weighted by Crippen LogP contribution is 2.25. The van der Waals surface area contributed by atoms with Crippen LogP contribution < -0.4 is 11.1 Å². The van der Waals surface area contributed by atoms with Gasteiger partial charge in [-0.25, -0.2) is 0 Å². The molecule has 0 radical (unpaired) electrons. The third kappa shape index (κ3) is 4.31. The van der Waals surface area contributed by atoms with E-state index in [1.807, 2.05) is 0 Å². The van der Waals surface area contributed by atoms with Gasteiger partial charge in [-0.1, -0.05) is 6.07 Å². The van der Waals surface area contributed by atoms with Crippen molar-refractivity contribution in [2.24, 2.45) is 5.73 Å². The summed E-state index contributed by atoms with van der Waals surface area (Å²) in [6.45, 7) is 2.13. The number of amides is 1. The van der Waals surface area contributed by atoms with Crippen LogP contribution in [-0.4, -0.2) is 30.6 Å². The Hall–Kier alpha value is -1.99. The second-order valence-electron chi connectivity index (χ2n) is 4.15. The van der Waals surface area contributed by atoms with E-state index in [4.69, 9.17) is 10.5 Å². The highest BCUT2D eigenvalue weighted by atomic mass is 16.6. The fourth-order valence-corrected chi connectivity index (χ4v) is 1.51. The van der Waals surface area contributed by atoms with Gasteiger partial charge in [-0.2, -0.15) is 0 Å². The molecule has 1 rings (SSSR count). The van der Waals surface area contributed by atoms with Crippen molar-refractivity contribution in [2.45, 2.75) is 19.4 Å². The van der Waals surface area contributed by atoms with Crippen molar-refractivity contribution in [1.82, 2.24) is 0 Å². The van der Waals surface area contributed by atoms with Gasteiger partial charge in [-0.05, 0) is 25.0 Å². The Bertz CT molecular complexity index is 476. The number of carbonyl (C=O) groups excluding carboxylic acids is 1. The Labute approximate surface area is 110 Å². The van der Waals surface area contributed by atoms with Gasteiger partial charge in [0.1, 0.15) is 5.69 Å². The molecule has 1 atom stereocenters. The van der Waals surface area contributed by atoms with E-state index >= 15 is 0 Å². The number of nitro groups is 1. The predicted octanol–water partition coefficient (Wildman–Crippen LogP) is 1.21. The summed E-state index contributed by atoms with van der Waals surface area (Å²) in [7, 11) is 1.51. The van der Waals surface area contributed by atoms with Crippen molar-refractivity contribution >= 4 is 17.3 Å². The molecule has 0 aromatic heterocycles.